The molecule has 6 nitrogen and oxygen atoms in total. The van der Waals surface area contributed by atoms with E-state index in [-0.39, 0.29) is 5.56 Å². The summed E-state index contributed by atoms with van der Waals surface area (Å²) >= 11 is 1.58. The van der Waals surface area contributed by atoms with Gasteiger partial charge in [0.1, 0.15) is 16.5 Å². The van der Waals surface area contributed by atoms with Crippen molar-refractivity contribution in [3.8, 4) is 0 Å². The topological polar surface area (TPSA) is 75.6 Å². The first-order valence-electron chi connectivity index (χ1n) is 7.22. The van der Waals surface area contributed by atoms with E-state index in [4.69, 9.17) is 0 Å². The highest BCUT2D eigenvalue weighted by Gasteiger charge is 2.11. The van der Waals surface area contributed by atoms with Crippen LogP contribution in [-0.4, -0.2) is 26.1 Å². The zero-order valence-electron chi connectivity index (χ0n) is 12.9. The summed E-state index contributed by atoms with van der Waals surface area (Å²) in [5.74, 6) is 1.72. The summed E-state index contributed by atoms with van der Waals surface area (Å²) in [7, 11) is 1.97. The van der Waals surface area contributed by atoms with Gasteiger partial charge in [-0.1, -0.05) is 0 Å². The first-order valence-corrected chi connectivity index (χ1v) is 8.03. The lowest BCUT2D eigenvalue weighted by molar-refractivity contribution is 0.628. The molecule has 0 saturated heterocycles. The second-order valence-electron chi connectivity index (χ2n) is 5.36. The maximum atomic E-state index is 12.2. The largest absolute Gasteiger partial charge is 0.337 e. The SMILES string of the molecule is Cc1sc2nc(CCNCc3nccn3C)[nH]c(=O)c2c1C. The van der Waals surface area contributed by atoms with Crippen molar-refractivity contribution in [2.75, 3.05) is 6.54 Å². The van der Waals surface area contributed by atoms with E-state index in [1.54, 1.807) is 17.5 Å². The van der Waals surface area contributed by atoms with Gasteiger partial charge in [0, 0.05) is 37.3 Å². The molecule has 3 aromatic heterocycles. The highest BCUT2D eigenvalue weighted by molar-refractivity contribution is 7.18. The number of aromatic amines is 1. The van der Waals surface area contributed by atoms with Gasteiger partial charge in [0.05, 0.1) is 11.9 Å². The molecule has 0 atom stereocenters. The molecule has 0 aliphatic rings. The summed E-state index contributed by atoms with van der Waals surface area (Å²) in [6.07, 6.45) is 4.39. The van der Waals surface area contributed by atoms with E-state index in [1.807, 2.05) is 31.7 Å². The van der Waals surface area contributed by atoms with Crippen LogP contribution in [0.15, 0.2) is 17.2 Å². The fourth-order valence-corrected chi connectivity index (χ4v) is 3.44. The van der Waals surface area contributed by atoms with Crippen molar-refractivity contribution in [2.45, 2.75) is 26.8 Å². The molecular formula is C15H19N5OS. The molecule has 0 aromatic carbocycles. The molecule has 3 heterocycles. The zero-order chi connectivity index (χ0) is 15.7. The highest BCUT2D eigenvalue weighted by Crippen LogP contribution is 2.25. The van der Waals surface area contributed by atoms with Crippen molar-refractivity contribution in [1.82, 2.24) is 24.8 Å². The van der Waals surface area contributed by atoms with Crippen LogP contribution in [0.3, 0.4) is 0 Å². The number of aryl methyl sites for hydroxylation is 3. The number of rotatable bonds is 5. The van der Waals surface area contributed by atoms with Crippen LogP contribution in [-0.2, 0) is 20.0 Å². The summed E-state index contributed by atoms with van der Waals surface area (Å²) in [5.41, 5.74) is 0.999. The number of hydrogen-bond donors (Lipinski definition) is 2. The van der Waals surface area contributed by atoms with Gasteiger partial charge in [-0.2, -0.15) is 0 Å². The van der Waals surface area contributed by atoms with E-state index in [2.05, 4.69) is 20.3 Å². The van der Waals surface area contributed by atoms with E-state index in [1.165, 1.54) is 0 Å². The van der Waals surface area contributed by atoms with E-state index >= 15 is 0 Å². The normalized spacial score (nSPS) is 11.4. The molecule has 3 rings (SSSR count). The van der Waals surface area contributed by atoms with Crippen LogP contribution >= 0.6 is 11.3 Å². The molecule has 0 amide bonds. The number of aromatic nitrogens is 4. The smallest absolute Gasteiger partial charge is 0.259 e. The van der Waals surface area contributed by atoms with Crippen LogP contribution in [0.4, 0.5) is 0 Å². The fourth-order valence-electron chi connectivity index (χ4n) is 2.39. The summed E-state index contributed by atoms with van der Waals surface area (Å²) in [4.78, 5) is 25.9. The Morgan fingerprint density at radius 3 is 2.95 bits per heavy atom. The second kappa shape index (κ2) is 6.02. The Balaban J connectivity index is 1.67. The predicted molar refractivity (Wildman–Crippen MR) is 88.3 cm³/mol. The van der Waals surface area contributed by atoms with Crippen LogP contribution < -0.4 is 10.9 Å². The van der Waals surface area contributed by atoms with Crippen molar-refractivity contribution < 1.29 is 0 Å². The fraction of sp³-hybridized carbons (Fsp3) is 0.400. The Bertz CT molecular complexity index is 861. The second-order valence-corrected chi connectivity index (χ2v) is 6.56. The molecule has 0 saturated carbocycles. The first-order chi connectivity index (χ1) is 10.6. The third-order valence-electron chi connectivity index (χ3n) is 3.83. The molecule has 0 spiro atoms. The Morgan fingerprint density at radius 1 is 1.41 bits per heavy atom. The first kappa shape index (κ1) is 14.9. The lowest BCUT2D eigenvalue weighted by atomic mass is 10.2. The van der Waals surface area contributed by atoms with Gasteiger partial charge in [-0.15, -0.1) is 11.3 Å². The van der Waals surface area contributed by atoms with Crippen LogP contribution in [0.1, 0.15) is 22.1 Å². The highest BCUT2D eigenvalue weighted by atomic mass is 32.1. The summed E-state index contributed by atoms with van der Waals surface area (Å²) < 4.78 is 1.98. The molecule has 0 aliphatic carbocycles. The van der Waals surface area contributed by atoms with Gasteiger partial charge in [0.25, 0.3) is 5.56 Å². The lowest BCUT2D eigenvalue weighted by Gasteiger charge is -2.05. The van der Waals surface area contributed by atoms with Crippen LogP contribution in [0.5, 0.6) is 0 Å². The van der Waals surface area contributed by atoms with Gasteiger partial charge >= 0.3 is 0 Å². The minimum Gasteiger partial charge on any atom is -0.337 e. The minimum atomic E-state index is -0.0362. The number of nitrogens with zero attached hydrogens (tertiary/aromatic N) is 3. The van der Waals surface area contributed by atoms with Crippen LogP contribution in [0.25, 0.3) is 10.2 Å². The van der Waals surface area contributed by atoms with Crippen molar-refractivity contribution in [3.05, 3.63) is 44.8 Å². The Hall–Kier alpha value is -1.99. The average Bonchev–Trinajstić information content (AvgIpc) is 3.00. The summed E-state index contributed by atoms with van der Waals surface area (Å²) in [5, 5.41) is 4.05. The molecule has 0 unspecified atom stereocenters. The quantitative estimate of drug-likeness (QED) is 0.702. The van der Waals surface area contributed by atoms with Crippen LogP contribution in [0, 0.1) is 13.8 Å². The van der Waals surface area contributed by atoms with Crippen molar-refractivity contribution >= 4 is 21.6 Å². The maximum Gasteiger partial charge on any atom is 0.259 e. The number of thiophene rings is 1. The third kappa shape index (κ3) is 2.82. The van der Waals surface area contributed by atoms with Gasteiger partial charge in [0.2, 0.25) is 0 Å². The average molecular weight is 317 g/mol. The minimum absolute atomic E-state index is 0.0362. The van der Waals surface area contributed by atoms with Gasteiger partial charge in [0.15, 0.2) is 0 Å². The molecule has 7 heteroatoms. The third-order valence-corrected chi connectivity index (χ3v) is 4.93. The molecule has 0 bridgehead atoms. The van der Waals surface area contributed by atoms with Gasteiger partial charge in [-0.05, 0) is 19.4 Å². The molecule has 0 fully saturated rings. The van der Waals surface area contributed by atoms with Gasteiger partial charge in [-0.25, -0.2) is 9.97 Å². The predicted octanol–water partition coefficient (Wildman–Crippen LogP) is 1.67. The summed E-state index contributed by atoms with van der Waals surface area (Å²) in [6.45, 7) is 5.44. The molecule has 116 valence electrons. The molecule has 0 aliphatic heterocycles. The van der Waals surface area contributed by atoms with E-state index in [0.717, 1.165) is 38.9 Å². The van der Waals surface area contributed by atoms with Gasteiger partial charge < -0.3 is 14.9 Å². The number of imidazole rings is 1. The Labute approximate surface area is 132 Å². The zero-order valence-corrected chi connectivity index (χ0v) is 13.8. The van der Waals surface area contributed by atoms with Crippen molar-refractivity contribution in [2.24, 2.45) is 7.05 Å². The number of nitrogens with one attached hydrogen (secondary N) is 2. The molecule has 22 heavy (non-hydrogen) atoms. The monoisotopic (exact) mass is 317 g/mol. The Kier molecular flexibility index (Phi) is 4.08. The van der Waals surface area contributed by atoms with E-state index < -0.39 is 0 Å². The van der Waals surface area contributed by atoms with Gasteiger partial charge in [-0.3, -0.25) is 4.79 Å². The maximum absolute atomic E-state index is 12.2. The standard InChI is InChI=1S/C15H19N5OS/c1-9-10(2)22-15-13(9)14(21)18-11(19-15)4-5-16-8-12-17-6-7-20(12)3/h6-7,16H,4-5,8H2,1-3H3,(H,18,19,21). The number of H-pyrrole nitrogens is 1. The number of hydrogen-bond acceptors (Lipinski definition) is 5. The summed E-state index contributed by atoms with van der Waals surface area (Å²) in [6, 6.07) is 0. The lowest BCUT2D eigenvalue weighted by Crippen LogP contribution is -2.21. The van der Waals surface area contributed by atoms with Crippen molar-refractivity contribution in [3.63, 3.8) is 0 Å². The molecular weight excluding hydrogens is 298 g/mol. The van der Waals surface area contributed by atoms with E-state index in [0.29, 0.717) is 13.0 Å². The Morgan fingerprint density at radius 2 is 2.23 bits per heavy atom. The number of fused-ring (bicyclic) bond motifs is 1. The molecule has 3 aromatic rings. The van der Waals surface area contributed by atoms with Crippen LogP contribution in [0.2, 0.25) is 0 Å². The van der Waals surface area contributed by atoms with E-state index in [9.17, 15) is 4.79 Å². The molecule has 0 radical (unpaired) electrons. The van der Waals surface area contributed by atoms with Crippen molar-refractivity contribution in [1.29, 1.82) is 0 Å². The molecule has 2 N–H and O–H groups in total.